The lowest BCUT2D eigenvalue weighted by molar-refractivity contribution is -0.112. The smallest absolute Gasteiger partial charge is 0.266 e. The molecule has 176 valence electrons. The molecule has 0 saturated heterocycles. The van der Waals surface area contributed by atoms with E-state index in [-0.39, 0.29) is 12.2 Å². The quantitative estimate of drug-likeness (QED) is 0.178. The van der Waals surface area contributed by atoms with Crippen LogP contribution in [0.3, 0.4) is 0 Å². The minimum absolute atomic E-state index is 0.0701. The number of benzene rings is 3. The Labute approximate surface area is 222 Å². The van der Waals surface area contributed by atoms with Crippen molar-refractivity contribution in [1.82, 2.24) is 0 Å². The zero-order valence-corrected chi connectivity index (χ0v) is 22.0. The minimum Gasteiger partial charge on any atom is -0.490 e. The summed E-state index contributed by atoms with van der Waals surface area (Å²) >= 11 is 8.15. The molecule has 1 amide bonds. The van der Waals surface area contributed by atoms with Crippen molar-refractivity contribution in [2.75, 3.05) is 11.9 Å². The maximum Gasteiger partial charge on any atom is 0.266 e. The maximum absolute atomic E-state index is 12.8. The SMILES string of the molecule is CCOc1cc(/C=C(\C#N)C(=O)Nc2cc(Cl)ccc2C)cc(I)c1OCc1ccccc1C#N. The van der Waals surface area contributed by atoms with E-state index in [1.165, 1.54) is 6.08 Å². The van der Waals surface area contributed by atoms with Gasteiger partial charge < -0.3 is 14.8 Å². The number of hydrogen-bond donors (Lipinski definition) is 1. The Kier molecular flexibility index (Phi) is 9.13. The summed E-state index contributed by atoms with van der Waals surface area (Å²) in [6, 6.07) is 20.0. The Morgan fingerprint density at radius 2 is 1.91 bits per heavy atom. The number of nitriles is 2. The van der Waals surface area contributed by atoms with Crippen LogP contribution < -0.4 is 14.8 Å². The Morgan fingerprint density at radius 1 is 1.14 bits per heavy atom. The van der Waals surface area contributed by atoms with Gasteiger partial charge >= 0.3 is 0 Å². The number of halogens is 2. The first-order valence-corrected chi connectivity index (χ1v) is 12.1. The highest BCUT2D eigenvalue weighted by molar-refractivity contribution is 14.1. The van der Waals surface area contributed by atoms with Gasteiger partial charge in [-0.1, -0.05) is 35.9 Å². The summed E-state index contributed by atoms with van der Waals surface area (Å²) in [6.45, 7) is 4.28. The van der Waals surface area contributed by atoms with Crippen molar-refractivity contribution >= 4 is 51.9 Å². The van der Waals surface area contributed by atoms with Gasteiger partial charge in [-0.2, -0.15) is 10.5 Å². The third kappa shape index (κ3) is 6.75. The molecule has 0 saturated carbocycles. The molecule has 0 aliphatic heterocycles. The fraction of sp³-hybridized carbons (Fsp3) is 0.148. The lowest BCUT2D eigenvalue weighted by atomic mass is 10.1. The standard InChI is InChI=1S/C27H21ClIN3O3/c1-3-34-25-12-18(10-21(15-31)27(33)32-24-13-22(28)9-8-17(24)2)11-23(29)26(25)35-16-20-7-5-4-6-19(20)14-30/h4-13H,3,16H2,1-2H3,(H,32,33)/b21-10+. The molecular weight excluding hydrogens is 577 g/mol. The molecule has 0 atom stereocenters. The second kappa shape index (κ2) is 12.3. The lowest BCUT2D eigenvalue weighted by Crippen LogP contribution is -2.14. The zero-order valence-electron chi connectivity index (χ0n) is 19.1. The van der Waals surface area contributed by atoms with Crippen molar-refractivity contribution < 1.29 is 14.3 Å². The Balaban J connectivity index is 1.88. The van der Waals surface area contributed by atoms with E-state index in [2.05, 4.69) is 34.0 Å². The number of aryl methyl sites for hydroxylation is 1. The molecule has 6 nitrogen and oxygen atoms in total. The number of nitrogens with one attached hydrogen (secondary N) is 1. The van der Waals surface area contributed by atoms with Crippen molar-refractivity contribution in [3.05, 3.63) is 91.0 Å². The molecule has 0 radical (unpaired) electrons. The van der Waals surface area contributed by atoms with Crippen LogP contribution in [-0.2, 0) is 11.4 Å². The van der Waals surface area contributed by atoms with E-state index in [1.807, 2.05) is 32.0 Å². The molecule has 8 heteroatoms. The molecule has 0 aliphatic carbocycles. The second-order valence-corrected chi connectivity index (χ2v) is 9.00. The Bertz CT molecular complexity index is 1370. The third-order valence-corrected chi connectivity index (χ3v) is 6.00. The minimum atomic E-state index is -0.542. The van der Waals surface area contributed by atoms with E-state index in [9.17, 15) is 15.3 Å². The summed E-state index contributed by atoms with van der Waals surface area (Å²) < 4.78 is 12.5. The first kappa shape index (κ1) is 26.1. The van der Waals surface area contributed by atoms with Gasteiger partial charge in [0.1, 0.15) is 18.2 Å². The molecule has 35 heavy (non-hydrogen) atoms. The van der Waals surface area contributed by atoms with Crippen molar-refractivity contribution in [2.24, 2.45) is 0 Å². The maximum atomic E-state index is 12.8. The largest absolute Gasteiger partial charge is 0.490 e. The van der Waals surface area contributed by atoms with Crippen molar-refractivity contribution in [3.63, 3.8) is 0 Å². The highest BCUT2D eigenvalue weighted by atomic mass is 127. The molecule has 0 aromatic heterocycles. The van der Waals surface area contributed by atoms with Crippen LogP contribution in [0.5, 0.6) is 11.5 Å². The highest BCUT2D eigenvalue weighted by Gasteiger charge is 2.16. The fourth-order valence-corrected chi connectivity index (χ4v) is 4.17. The van der Waals surface area contributed by atoms with Gasteiger partial charge in [0.05, 0.1) is 21.8 Å². The van der Waals surface area contributed by atoms with Gasteiger partial charge in [0, 0.05) is 16.3 Å². The van der Waals surface area contributed by atoms with Crippen molar-refractivity contribution in [3.8, 4) is 23.6 Å². The number of carbonyl (C=O) groups is 1. The summed E-state index contributed by atoms with van der Waals surface area (Å²) in [5.74, 6) is 0.456. The van der Waals surface area contributed by atoms with Crippen LogP contribution >= 0.6 is 34.2 Å². The molecule has 0 bridgehead atoms. The summed E-state index contributed by atoms with van der Waals surface area (Å²) in [5, 5.41) is 22.2. The molecule has 0 aliphatic rings. The normalized spacial score (nSPS) is 10.7. The molecule has 1 N–H and O–H groups in total. The van der Waals surface area contributed by atoms with E-state index in [0.29, 0.717) is 39.9 Å². The lowest BCUT2D eigenvalue weighted by Gasteiger charge is -2.15. The summed E-state index contributed by atoms with van der Waals surface area (Å²) in [5.41, 5.74) is 3.20. The van der Waals surface area contributed by atoms with E-state index < -0.39 is 5.91 Å². The second-order valence-electron chi connectivity index (χ2n) is 7.40. The van der Waals surface area contributed by atoms with E-state index in [0.717, 1.165) is 14.7 Å². The Morgan fingerprint density at radius 3 is 2.63 bits per heavy atom. The highest BCUT2D eigenvalue weighted by Crippen LogP contribution is 2.36. The van der Waals surface area contributed by atoms with Gasteiger partial charge in [0.15, 0.2) is 11.5 Å². The number of carbonyl (C=O) groups excluding carboxylic acids is 1. The first-order valence-electron chi connectivity index (χ1n) is 10.6. The van der Waals surface area contributed by atoms with E-state index in [4.69, 9.17) is 21.1 Å². The van der Waals surface area contributed by atoms with Gasteiger partial charge in [-0.05, 0) is 84.0 Å². The van der Waals surface area contributed by atoms with Crippen LogP contribution in [0.1, 0.15) is 29.2 Å². The predicted octanol–water partition coefficient (Wildman–Crippen LogP) is 6.65. The summed E-state index contributed by atoms with van der Waals surface area (Å²) in [7, 11) is 0. The van der Waals surface area contributed by atoms with Gasteiger partial charge in [-0.25, -0.2) is 0 Å². The molecule has 3 aromatic carbocycles. The predicted molar refractivity (Wildman–Crippen MR) is 144 cm³/mol. The molecule has 3 rings (SSSR count). The molecule has 0 fully saturated rings. The number of nitrogens with zero attached hydrogens (tertiary/aromatic N) is 2. The molecular formula is C27H21ClIN3O3. The number of amides is 1. The summed E-state index contributed by atoms with van der Waals surface area (Å²) in [4.78, 5) is 12.8. The van der Waals surface area contributed by atoms with Crippen molar-refractivity contribution in [2.45, 2.75) is 20.5 Å². The van der Waals surface area contributed by atoms with E-state index >= 15 is 0 Å². The monoisotopic (exact) mass is 597 g/mol. The first-order chi connectivity index (χ1) is 16.9. The Hall–Kier alpha value is -3.53. The number of ether oxygens (including phenoxy) is 2. The average Bonchev–Trinajstić information content (AvgIpc) is 2.84. The van der Waals surface area contributed by atoms with Crippen molar-refractivity contribution in [1.29, 1.82) is 10.5 Å². The van der Waals surface area contributed by atoms with Gasteiger partial charge in [-0.3, -0.25) is 4.79 Å². The number of anilines is 1. The summed E-state index contributed by atoms with van der Waals surface area (Å²) in [6.07, 6.45) is 1.49. The van der Waals surface area contributed by atoms with Crippen LogP contribution in [0.25, 0.3) is 6.08 Å². The van der Waals surface area contributed by atoms with Gasteiger partial charge in [-0.15, -0.1) is 0 Å². The average molecular weight is 598 g/mol. The fourth-order valence-electron chi connectivity index (χ4n) is 3.21. The van der Waals surface area contributed by atoms with Crippen LogP contribution in [0.4, 0.5) is 5.69 Å². The van der Waals surface area contributed by atoms with Gasteiger partial charge in [0.25, 0.3) is 5.91 Å². The third-order valence-electron chi connectivity index (χ3n) is 4.97. The topological polar surface area (TPSA) is 95.1 Å². The van der Waals surface area contributed by atoms with E-state index in [1.54, 1.807) is 42.5 Å². The van der Waals surface area contributed by atoms with Crippen LogP contribution in [0, 0.1) is 33.2 Å². The molecule has 0 heterocycles. The number of hydrogen-bond acceptors (Lipinski definition) is 5. The van der Waals surface area contributed by atoms with Crippen LogP contribution in [-0.4, -0.2) is 12.5 Å². The van der Waals surface area contributed by atoms with Crippen LogP contribution in [0.2, 0.25) is 5.02 Å². The number of rotatable bonds is 8. The molecule has 3 aromatic rings. The zero-order chi connectivity index (χ0) is 25.4. The molecule has 0 spiro atoms. The van der Waals surface area contributed by atoms with Gasteiger partial charge in [0.2, 0.25) is 0 Å². The van der Waals surface area contributed by atoms with Crippen LogP contribution in [0.15, 0.2) is 60.2 Å². The molecule has 0 unspecified atom stereocenters.